The van der Waals surface area contributed by atoms with E-state index in [-0.39, 0.29) is 6.04 Å². The number of rotatable bonds is 3. The second-order valence-corrected chi connectivity index (χ2v) is 5.85. The Kier molecular flexibility index (Phi) is 2.94. The van der Waals surface area contributed by atoms with Gasteiger partial charge in [-0.3, -0.25) is 4.40 Å². The molecule has 0 aliphatic carbocycles. The standard InChI is InChI=1S/C13H15N5S/c1-8-4-5-11(19-8)9(2)15-12-13-17-16-10(3)18(13)7-6-14-12/h4-7,9H,1-3H3,(H,14,15). The summed E-state index contributed by atoms with van der Waals surface area (Å²) in [5, 5.41) is 11.6. The summed E-state index contributed by atoms with van der Waals surface area (Å²) in [6.45, 7) is 6.16. The van der Waals surface area contributed by atoms with Crippen LogP contribution < -0.4 is 5.32 Å². The largest absolute Gasteiger partial charge is 0.360 e. The first-order valence-electron chi connectivity index (χ1n) is 6.14. The molecule has 0 aliphatic heterocycles. The fraction of sp³-hybridized carbons (Fsp3) is 0.308. The molecule has 6 heteroatoms. The molecule has 3 rings (SSSR count). The summed E-state index contributed by atoms with van der Waals surface area (Å²) < 4.78 is 1.93. The minimum absolute atomic E-state index is 0.203. The average Bonchev–Trinajstić information content (AvgIpc) is 2.98. The first-order chi connectivity index (χ1) is 9.15. The Bertz CT molecular complexity index is 715. The van der Waals surface area contributed by atoms with E-state index in [2.05, 4.69) is 46.5 Å². The number of aryl methyl sites for hydroxylation is 2. The minimum atomic E-state index is 0.203. The molecule has 0 amide bonds. The maximum absolute atomic E-state index is 4.36. The third-order valence-electron chi connectivity index (χ3n) is 3.04. The number of thiophene rings is 1. The van der Waals surface area contributed by atoms with Gasteiger partial charge >= 0.3 is 0 Å². The van der Waals surface area contributed by atoms with Gasteiger partial charge in [0, 0.05) is 22.1 Å². The van der Waals surface area contributed by atoms with Crippen molar-refractivity contribution in [2.75, 3.05) is 5.32 Å². The van der Waals surface area contributed by atoms with Crippen LogP contribution in [0.25, 0.3) is 5.65 Å². The molecule has 0 bridgehead atoms. The van der Waals surface area contributed by atoms with Crippen molar-refractivity contribution in [2.45, 2.75) is 26.8 Å². The van der Waals surface area contributed by atoms with Crippen LogP contribution in [0.5, 0.6) is 0 Å². The molecule has 1 unspecified atom stereocenters. The monoisotopic (exact) mass is 273 g/mol. The normalized spacial score (nSPS) is 12.8. The van der Waals surface area contributed by atoms with E-state index in [0.29, 0.717) is 0 Å². The molecule has 19 heavy (non-hydrogen) atoms. The molecule has 0 saturated heterocycles. The highest BCUT2D eigenvalue weighted by Crippen LogP contribution is 2.26. The predicted octanol–water partition coefficient (Wildman–Crippen LogP) is 2.98. The molecular formula is C13H15N5S. The van der Waals surface area contributed by atoms with E-state index in [9.17, 15) is 0 Å². The van der Waals surface area contributed by atoms with Gasteiger partial charge in [0.25, 0.3) is 0 Å². The maximum Gasteiger partial charge on any atom is 0.203 e. The molecular weight excluding hydrogens is 258 g/mol. The van der Waals surface area contributed by atoms with E-state index >= 15 is 0 Å². The van der Waals surface area contributed by atoms with Crippen LogP contribution in [0.1, 0.15) is 28.5 Å². The fourth-order valence-electron chi connectivity index (χ4n) is 2.01. The summed E-state index contributed by atoms with van der Waals surface area (Å²) in [6.07, 6.45) is 3.63. The van der Waals surface area contributed by atoms with Gasteiger partial charge in [0.15, 0.2) is 5.82 Å². The van der Waals surface area contributed by atoms with Crippen LogP contribution in [0.4, 0.5) is 5.82 Å². The smallest absolute Gasteiger partial charge is 0.203 e. The summed E-state index contributed by atoms with van der Waals surface area (Å²) in [5.74, 6) is 1.63. The Morgan fingerprint density at radius 3 is 2.84 bits per heavy atom. The van der Waals surface area contributed by atoms with Crippen LogP contribution in [-0.2, 0) is 0 Å². The molecule has 0 fully saturated rings. The zero-order valence-corrected chi connectivity index (χ0v) is 11.9. The van der Waals surface area contributed by atoms with Crippen LogP contribution in [0.3, 0.4) is 0 Å². The Hall–Kier alpha value is -1.95. The average molecular weight is 273 g/mol. The number of hydrogen-bond acceptors (Lipinski definition) is 5. The zero-order chi connectivity index (χ0) is 13.4. The number of fused-ring (bicyclic) bond motifs is 1. The second kappa shape index (κ2) is 4.62. The second-order valence-electron chi connectivity index (χ2n) is 4.53. The SMILES string of the molecule is Cc1ccc(C(C)Nc2nccn3c(C)nnc23)s1. The molecule has 3 aromatic rings. The van der Waals surface area contributed by atoms with Gasteiger partial charge in [0.05, 0.1) is 6.04 Å². The van der Waals surface area contributed by atoms with E-state index in [1.54, 1.807) is 17.5 Å². The number of aromatic nitrogens is 4. The van der Waals surface area contributed by atoms with Crippen LogP contribution in [0.15, 0.2) is 24.5 Å². The highest BCUT2D eigenvalue weighted by Gasteiger charge is 2.12. The van der Waals surface area contributed by atoms with Gasteiger partial charge in [-0.1, -0.05) is 0 Å². The first kappa shape index (κ1) is 12.1. The fourth-order valence-corrected chi connectivity index (χ4v) is 2.89. The topological polar surface area (TPSA) is 55.1 Å². The summed E-state index contributed by atoms with van der Waals surface area (Å²) in [5.41, 5.74) is 0.764. The minimum Gasteiger partial charge on any atom is -0.360 e. The summed E-state index contributed by atoms with van der Waals surface area (Å²) in [6, 6.07) is 4.48. The van der Waals surface area contributed by atoms with E-state index in [0.717, 1.165) is 17.3 Å². The Balaban J connectivity index is 1.93. The van der Waals surface area contributed by atoms with Crippen LogP contribution in [0.2, 0.25) is 0 Å². The first-order valence-corrected chi connectivity index (χ1v) is 6.96. The number of nitrogens with zero attached hydrogens (tertiary/aromatic N) is 4. The lowest BCUT2D eigenvalue weighted by Gasteiger charge is -2.13. The number of anilines is 1. The zero-order valence-electron chi connectivity index (χ0n) is 11.1. The van der Waals surface area contributed by atoms with Crippen molar-refractivity contribution in [3.05, 3.63) is 40.1 Å². The van der Waals surface area contributed by atoms with Gasteiger partial charge in [-0.05, 0) is 32.9 Å². The van der Waals surface area contributed by atoms with Crippen molar-refractivity contribution in [3.63, 3.8) is 0 Å². The summed E-state index contributed by atoms with van der Waals surface area (Å²) in [4.78, 5) is 6.97. The molecule has 0 aromatic carbocycles. The van der Waals surface area contributed by atoms with E-state index in [4.69, 9.17) is 0 Å². The lowest BCUT2D eigenvalue weighted by Crippen LogP contribution is -2.08. The summed E-state index contributed by atoms with van der Waals surface area (Å²) in [7, 11) is 0. The summed E-state index contributed by atoms with van der Waals surface area (Å²) >= 11 is 1.79. The molecule has 1 atom stereocenters. The van der Waals surface area contributed by atoms with E-state index in [1.165, 1.54) is 9.75 Å². The molecule has 0 aliphatic rings. The molecule has 3 aromatic heterocycles. The van der Waals surface area contributed by atoms with Crippen molar-refractivity contribution in [1.29, 1.82) is 0 Å². The lowest BCUT2D eigenvalue weighted by atomic mass is 10.3. The van der Waals surface area contributed by atoms with Gasteiger partial charge in [-0.25, -0.2) is 4.98 Å². The van der Waals surface area contributed by atoms with Crippen LogP contribution in [0, 0.1) is 13.8 Å². The molecule has 0 saturated carbocycles. The Labute approximate surface area is 115 Å². The van der Waals surface area contributed by atoms with Gasteiger partial charge < -0.3 is 5.32 Å². The number of nitrogens with one attached hydrogen (secondary N) is 1. The van der Waals surface area contributed by atoms with Crippen molar-refractivity contribution in [3.8, 4) is 0 Å². The molecule has 3 heterocycles. The Morgan fingerprint density at radius 2 is 2.11 bits per heavy atom. The maximum atomic E-state index is 4.36. The van der Waals surface area contributed by atoms with E-state index in [1.807, 2.05) is 17.5 Å². The van der Waals surface area contributed by atoms with Crippen molar-refractivity contribution < 1.29 is 0 Å². The van der Waals surface area contributed by atoms with Crippen LogP contribution >= 0.6 is 11.3 Å². The highest BCUT2D eigenvalue weighted by atomic mass is 32.1. The molecule has 0 radical (unpaired) electrons. The number of hydrogen-bond donors (Lipinski definition) is 1. The highest BCUT2D eigenvalue weighted by molar-refractivity contribution is 7.12. The lowest BCUT2D eigenvalue weighted by molar-refractivity contribution is 0.892. The van der Waals surface area contributed by atoms with Gasteiger partial charge in [-0.2, -0.15) is 0 Å². The quantitative estimate of drug-likeness (QED) is 0.797. The van der Waals surface area contributed by atoms with Crippen molar-refractivity contribution in [2.24, 2.45) is 0 Å². The molecule has 5 nitrogen and oxygen atoms in total. The van der Waals surface area contributed by atoms with E-state index < -0.39 is 0 Å². The molecule has 1 N–H and O–H groups in total. The predicted molar refractivity (Wildman–Crippen MR) is 76.6 cm³/mol. The van der Waals surface area contributed by atoms with Gasteiger partial charge in [0.1, 0.15) is 5.82 Å². The van der Waals surface area contributed by atoms with Crippen LogP contribution in [-0.4, -0.2) is 19.6 Å². The third-order valence-corrected chi connectivity index (χ3v) is 4.22. The van der Waals surface area contributed by atoms with Gasteiger partial charge in [0.2, 0.25) is 5.65 Å². The van der Waals surface area contributed by atoms with Crippen molar-refractivity contribution >= 4 is 22.8 Å². The molecule has 0 spiro atoms. The van der Waals surface area contributed by atoms with Gasteiger partial charge in [-0.15, -0.1) is 21.5 Å². The Morgan fingerprint density at radius 1 is 1.26 bits per heavy atom. The van der Waals surface area contributed by atoms with Crippen molar-refractivity contribution in [1.82, 2.24) is 19.6 Å². The molecule has 98 valence electrons. The third kappa shape index (κ3) is 2.19.